The van der Waals surface area contributed by atoms with Gasteiger partial charge in [-0.1, -0.05) is 0 Å². The Balaban J connectivity index is 2.25. The predicted molar refractivity (Wildman–Crippen MR) is 50.1 cm³/mol. The van der Waals surface area contributed by atoms with E-state index in [0.29, 0.717) is 0 Å². The third kappa shape index (κ3) is 3.34. The van der Waals surface area contributed by atoms with Crippen LogP contribution in [0.15, 0.2) is 18.3 Å². The maximum Gasteiger partial charge on any atom is 0.126 e. The standard InChI is InChI=1S/C9H14N3/c1-12(2)8-7-11-9-5-3-4-6-10-9/h4-6H,7-8H2,1-2H3,(H,10,11). The average molecular weight is 164 g/mol. The highest BCUT2D eigenvalue weighted by Crippen LogP contribution is 1.97. The van der Waals surface area contributed by atoms with Crippen molar-refractivity contribution in [2.24, 2.45) is 0 Å². The topological polar surface area (TPSA) is 28.2 Å². The normalized spacial score (nSPS) is 10.2. The van der Waals surface area contributed by atoms with Crippen molar-refractivity contribution in [1.82, 2.24) is 9.88 Å². The highest BCUT2D eigenvalue weighted by molar-refractivity contribution is 5.32. The molecule has 1 aromatic heterocycles. The lowest BCUT2D eigenvalue weighted by Gasteiger charge is -2.10. The number of nitrogens with zero attached hydrogens (tertiary/aromatic N) is 2. The molecule has 3 nitrogen and oxygen atoms in total. The molecular formula is C9H14N3. The van der Waals surface area contributed by atoms with E-state index in [-0.39, 0.29) is 0 Å². The second-order valence-electron chi connectivity index (χ2n) is 2.87. The summed E-state index contributed by atoms with van der Waals surface area (Å²) in [7, 11) is 4.10. The first-order valence-electron chi connectivity index (χ1n) is 4.00. The van der Waals surface area contributed by atoms with E-state index in [2.05, 4.69) is 21.3 Å². The second-order valence-corrected chi connectivity index (χ2v) is 2.87. The summed E-state index contributed by atoms with van der Waals surface area (Å²) in [5.74, 6) is 0.888. The fraction of sp³-hybridized carbons (Fsp3) is 0.444. The summed E-state index contributed by atoms with van der Waals surface area (Å²) in [6.45, 7) is 1.93. The number of likely N-dealkylation sites (N-methyl/N-ethyl adjacent to an activating group) is 1. The average Bonchev–Trinajstić information content (AvgIpc) is 2.05. The van der Waals surface area contributed by atoms with Gasteiger partial charge in [0.1, 0.15) is 5.82 Å². The van der Waals surface area contributed by atoms with Crippen LogP contribution < -0.4 is 5.32 Å². The van der Waals surface area contributed by atoms with Crippen molar-refractivity contribution in [2.75, 3.05) is 32.5 Å². The van der Waals surface area contributed by atoms with E-state index < -0.39 is 0 Å². The lowest BCUT2D eigenvalue weighted by Crippen LogP contribution is -2.21. The fourth-order valence-electron chi connectivity index (χ4n) is 0.829. The van der Waals surface area contributed by atoms with Crippen molar-refractivity contribution in [1.29, 1.82) is 0 Å². The summed E-state index contributed by atoms with van der Waals surface area (Å²) in [6, 6.07) is 6.59. The van der Waals surface area contributed by atoms with Crippen LogP contribution in [0, 0.1) is 6.07 Å². The summed E-state index contributed by atoms with van der Waals surface area (Å²) in [4.78, 5) is 6.24. The van der Waals surface area contributed by atoms with Crippen LogP contribution >= 0.6 is 0 Å². The zero-order valence-corrected chi connectivity index (χ0v) is 7.54. The van der Waals surface area contributed by atoms with Crippen LogP contribution in [-0.2, 0) is 0 Å². The summed E-state index contributed by atoms with van der Waals surface area (Å²) in [6.07, 6.45) is 1.73. The van der Waals surface area contributed by atoms with Crippen LogP contribution in [0.2, 0.25) is 0 Å². The van der Waals surface area contributed by atoms with Crippen molar-refractivity contribution in [3.63, 3.8) is 0 Å². The number of nitrogens with one attached hydrogen (secondary N) is 1. The molecule has 1 aromatic rings. The molecule has 1 heterocycles. The quantitative estimate of drug-likeness (QED) is 0.715. The largest absolute Gasteiger partial charge is 0.369 e. The Morgan fingerprint density at radius 1 is 1.58 bits per heavy atom. The van der Waals surface area contributed by atoms with Gasteiger partial charge in [0.25, 0.3) is 0 Å². The second kappa shape index (κ2) is 4.72. The van der Waals surface area contributed by atoms with E-state index in [4.69, 9.17) is 0 Å². The minimum atomic E-state index is 0.888. The van der Waals surface area contributed by atoms with Crippen LogP contribution in [0.1, 0.15) is 0 Å². The van der Waals surface area contributed by atoms with E-state index in [1.807, 2.05) is 20.2 Å². The minimum Gasteiger partial charge on any atom is -0.369 e. The molecule has 0 saturated heterocycles. The highest BCUT2D eigenvalue weighted by Gasteiger charge is 1.91. The Kier molecular flexibility index (Phi) is 3.54. The van der Waals surface area contributed by atoms with E-state index in [0.717, 1.165) is 18.9 Å². The van der Waals surface area contributed by atoms with E-state index >= 15 is 0 Å². The van der Waals surface area contributed by atoms with Crippen LogP contribution in [0.3, 0.4) is 0 Å². The van der Waals surface area contributed by atoms with Gasteiger partial charge in [0.15, 0.2) is 0 Å². The fourth-order valence-corrected chi connectivity index (χ4v) is 0.829. The first kappa shape index (κ1) is 9.00. The molecule has 0 spiro atoms. The number of pyridine rings is 1. The lowest BCUT2D eigenvalue weighted by atomic mass is 10.4. The molecule has 0 atom stereocenters. The van der Waals surface area contributed by atoms with Gasteiger partial charge in [-0.05, 0) is 32.3 Å². The third-order valence-electron chi connectivity index (χ3n) is 1.47. The molecule has 0 bridgehead atoms. The van der Waals surface area contributed by atoms with Gasteiger partial charge < -0.3 is 10.2 Å². The Morgan fingerprint density at radius 3 is 3.00 bits per heavy atom. The molecule has 12 heavy (non-hydrogen) atoms. The third-order valence-corrected chi connectivity index (χ3v) is 1.47. The molecule has 1 N–H and O–H groups in total. The van der Waals surface area contributed by atoms with Crippen molar-refractivity contribution >= 4 is 5.82 Å². The maximum absolute atomic E-state index is 4.11. The summed E-state index contributed by atoms with van der Waals surface area (Å²) in [5.41, 5.74) is 0. The van der Waals surface area contributed by atoms with Crippen molar-refractivity contribution < 1.29 is 0 Å². The number of aromatic nitrogens is 1. The molecule has 0 fully saturated rings. The molecule has 0 aliphatic heterocycles. The van der Waals surface area contributed by atoms with E-state index in [1.54, 1.807) is 12.3 Å². The summed E-state index contributed by atoms with van der Waals surface area (Å²) in [5, 5.41) is 3.19. The van der Waals surface area contributed by atoms with Crippen LogP contribution in [-0.4, -0.2) is 37.1 Å². The molecule has 0 aromatic carbocycles. The number of hydrogen-bond acceptors (Lipinski definition) is 3. The molecule has 0 saturated carbocycles. The maximum atomic E-state index is 4.11. The van der Waals surface area contributed by atoms with Crippen molar-refractivity contribution in [3.8, 4) is 0 Å². The smallest absolute Gasteiger partial charge is 0.126 e. The van der Waals surface area contributed by atoms with Gasteiger partial charge >= 0.3 is 0 Å². The zero-order chi connectivity index (χ0) is 8.81. The molecule has 1 rings (SSSR count). The van der Waals surface area contributed by atoms with Gasteiger partial charge in [-0.15, -0.1) is 0 Å². The molecule has 0 unspecified atom stereocenters. The van der Waals surface area contributed by atoms with Crippen molar-refractivity contribution in [2.45, 2.75) is 0 Å². The van der Waals surface area contributed by atoms with Gasteiger partial charge in [-0.3, -0.25) is 0 Å². The number of anilines is 1. The summed E-state index contributed by atoms with van der Waals surface area (Å²) >= 11 is 0. The van der Waals surface area contributed by atoms with Gasteiger partial charge in [0.2, 0.25) is 0 Å². The summed E-state index contributed by atoms with van der Waals surface area (Å²) < 4.78 is 0. The van der Waals surface area contributed by atoms with E-state index in [1.165, 1.54) is 0 Å². The van der Waals surface area contributed by atoms with E-state index in [9.17, 15) is 0 Å². The van der Waals surface area contributed by atoms with Crippen LogP contribution in [0.5, 0.6) is 0 Å². The molecule has 0 aliphatic rings. The number of rotatable bonds is 4. The Labute approximate surface area is 73.4 Å². The molecule has 1 radical (unpaired) electrons. The van der Waals surface area contributed by atoms with Gasteiger partial charge in [0, 0.05) is 19.3 Å². The molecule has 0 aliphatic carbocycles. The molecular weight excluding hydrogens is 150 g/mol. The van der Waals surface area contributed by atoms with Crippen molar-refractivity contribution in [3.05, 3.63) is 24.4 Å². The Hall–Kier alpha value is -1.09. The van der Waals surface area contributed by atoms with Crippen LogP contribution in [0.4, 0.5) is 5.82 Å². The van der Waals surface area contributed by atoms with Gasteiger partial charge in [-0.25, -0.2) is 4.98 Å². The van der Waals surface area contributed by atoms with Crippen LogP contribution in [0.25, 0.3) is 0 Å². The van der Waals surface area contributed by atoms with Gasteiger partial charge in [-0.2, -0.15) is 0 Å². The highest BCUT2D eigenvalue weighted by atomic mass is 15.1. The predicted octanol–water partition coefficient (Wildman–Crippen LogP) is 0.855. The molecule has 3 heteroatoms. The first-order chi connectivity index (χ1) is 5.79. The molecule has 0 amide bonds. The Morgan fingerprint density at radius 2 is 2.42 bits per heavy atom. The number of hydrogen-bond donors (Lipinski definition) is 1. The minimum absolute atomic E-state index is 0.888. The Bertz CT molecular complexity index is 208. The molecule has 65 valence electrons. The lowest BCUT2D eigenvalue weighted by molar-refractivity contribution is 0.425. The van der Waals surface area contributed by atoms with Gasteiger partial charge in [0.05, 0.1) is 0 Å². The monoisotopic (exact) mass is 164 g/mol. The SMILES string of the molecule is CN(C)CCNc1c[c]ccn1. The zero-order valence-electron chi connectivity index (χ0n) is 7.54. The first-order valence-corrected chi connectivity index (χ1v) is 4.00.